The van der Waals surface area contributed by atoms with Crippen molar-refractivity contribution in [3.05, 3.63) is 71.8 Å². The van der Waals surface area contributed by atoms with Crippen LogP contribution >= 0.6 is 15.9 Å². The van der Waals surface area contributed by atoms with Crippen molar-refractivity contribution in [3.8, 4) is 0 Å². The van der Waals surface area contributed by atoms with E-state index in [0.717, 1.165) is 11.1 Å². The number of hydrogen-bond donors (Lipinski definition) is 0. The summed E-state index contributed by atoms with van der Waals surface area (Å²) in [6.07, 6.45) is -0.602. The summed E-state index contributed by atoms with van der Waals surface area (Å²) in [6, 6.07) is 18.1. The second-order valence-corrected chi connectivity index (χ2v) is 10.6. The van der Waals surface area contributed by atoms with Gasteiger partial charge in [-0.15, -0.1) is 0 Å². The lowest BCUT2D eigenvalue weighted by molar-refractivity contribution is -0.163. The zero-order valence-electron chi connectivity index (χ0n) is 15.4. The average Bonchev–Trinajstić information content (AvgIpc) is 2.91. The second-order valence-electron chi connectivity index (χ2n) is 7.48. The molecule has 4 rings (SSSR count). The maximum absolute atomic E-state index is 13.2. The van der Waals surface area contributed by atoms with Gasteiger partial charge in [-0.05, 0) is 36.2 Å². The van der Waals surface area contributed by atoms with Gasteiger partial charge in [0.15, 0.2) is 21.7 Å². The van der Waals surface area contributed by atoms with Crippen LogP contribution in [0.25, 0.3) is 0 Å². The molecule has 0 aromatic heterocycles. The molecule has 0 saturated carbocycles. The van der Waals surface area contributed by atoms with Gasteiger partial charge in [-0.3, -0.25) is 9.69 Å². The van der Waals surface area contributed by atoms with Crippen LogP contribution in [0.2, 0.25) is 0 Å². The third kappa shape index (κ3) is 2.96. The van der Waals surface area contributed by atoms with E-state index in [0.29, 0.717) is 0 Å². The lowest BCUT2D eigenvalue weighted by Gasteiger charge is -2.38. The van der Waals surface area contributed by atoms with E-state index in [1.807, 2.05) is 60.7 Å². The van der Waals surface area contributed by atoms with Gasteiger partial charge in [0.05, 0.1) is 0 Å². The van der Waals surface area contributed by atoms with Gasteiger partial charge in [-0.1, -0.05) is 76.6 Å². The molecule has 1 amide bonds. The van der Waals surface area contributed by atoms with Gasteiger partial charge in [0.25, 0.3) is 0 Å². The highest BCUT2D eigenvalue weighted by atomic mass is 79.9. The third-order valence-corrected chi connectivity index (χ3v) is 8.79. The summed E-state index contributed by atoms with van der Waals surface area (Å²) in [5.41, 5.74) is 1.67. The number of halogens is 1. The summed E-state index contributed by atoms with van der Waals surface area (Å²) in [4.78, 5) is 26.5. The predicted octanol–water partition coefficient (Wildman–Crippen LogP) is 3.16. The Morgan fingerprint density at radius 1 is 1.11 bits per heavy atom. The number of esters is 1. The number of β-lactam (4-membered cyclic amide) rings is 1. The topological polar surface area (TPSA) is 69.7 Å². The van der Waals surface area contributed by atoms with E-state index in [1.165, 1.54) is 4.90 Å². The minimum atomic E-state index is -1.37. The molecular weight excluding hydrogens is 442 g/mol. The Bertz CT molecular complexity index is 852. The zero-order valence-corrected chi connectivity index (χ0v) is 17.9. The Morgan fingerprint density at radius 3 is 2.11 bits per heavy atom. The maximum Gasteiger partial charge on any atom is 0.335 e. The Kier molecular flexibility index (Phi) is 5.02. The lowest BCUT2D eigenvalue weighted by Crippen LogP contribution is -2.64. The molecule has 2 aliphatic heterocycles. The molecule has 146 valence electrons. The molecular formula is C21H20BrNO4S. The highest BCUT2D eigenvalue weighted by molar-refractivity contribution is 9.10. The largest absolute Gasteiger partial charge is 0.614 e. The van der Waals surface area contributed by atoms with Gasteiger partial charge in [-0.2, -0.15) is 0 Å². The van der Waals surface area contributed by atoms with Gasteiger partial charge < -0.3 is 9.29 Å². The molecule has 2 aromatic carbocycles. The van der Waals surface area contributed by atoms with Crippen molar-refractivity contribution in [2.45, 2.75) is 40.9 Å². The molecule has 2 aromatic rings. The number of nitrogens with zero attached hydrogens (tertiary/aromatic N) is 1. The molecule has 28 heavy (non-hydrogen) atoms. The lowest BCUT2D eigenvalue weighted by atomic mass is 9.97. The number of benzene rings is 2. The number of carbonyl (C=O) groups excluding carboxylic acids is 2. The van der Waals surface area contributed by atoms with Crippen molar-refractivity contribution in [2.75, 3.05) is 0 Å². The Balaban J connectivity index is 1.66. The number of alkyl halides is 1. The Hall–Kier alpha value is -1.83. The van der Waals surface area contributed by atoms with E-state index in [2.05, 4.69) is 15.9 Å². The predicted molar refractivity (Wildman–Crippen MR) is 110 cm³/mol. The number of fused-ring (bicyclic) bond motifs is 1. The van der Waals surface area contributed by atoms with Crippen molar-refractivity contribution < 1.29 is 18.9 Å². The summed E-state index contributed by atoms with van der Waals surface area (Å²) in [6.45, 7) is 3.50. The van der Waals surface area contributed by atoms with Gasteiger partial charge in [0, 0.05) is 0 Å². The van der Waals surface area contributed by atoms with Crippen LogP contribution in [0.5, 0.6) is 0 Å². The molecule has 0 radical (unpaired) electrons. The second kappa shape index (κ2) is 7.21. The minimum Gasteiger partial charge on any atom is -0.614 e. The molecule has 0 bridgehead atoms. The van der Waals surface area contributed by atoms with Gasteiger partial charge in [0.1, 0.15) is 0 Å². The Labute approximate surface area is 175 Å². The zero-order chi connectivity index (χ0) is 20.1. The monoisotopic (exact) mass is 461 g/mol. The van der Waals surface area contributed by atoms with E-state index in [1.54, 1.807) is 13.8 Å². The van der Waals surface area contributed by atoms with Crippen LogP contribution in [0.1, 0.15) is 31.1 Å². The number of rotatable bonds is 4. The summed E-state index contributed by atoms with van der Waals surface area (Å²) in [5, 5.41) is -0.494. The van der Waals surface area contributed by atoms with E-state index in [9.17, 15) is 14.1 Å². The van der Waals surface area contributed by atoms with Crippen molar-refractivity contribution >= 4 is 39.0 Å². The smallest absolute Gasteiger partial charge is 0.335 e. The first kappa shape index (κ1) is 19.5. The molecule has 2 fully saturated rings. The minimum absolute atomic E-state index is 0.221. The highest BCUT2D eigenvalue weighted by Crippen LogP contribution is 2.48. The first-order chi connectivity index (χ1) is 13.3. The molecule has 0 aliphatic carbocycles. The summed E-state index contributed by atoms with van der Waals surface area (Å²) >= 11 is 1.92. The molecule has 2 heterocycles. The standard InChI is InChI=1S/C21H20BrNO4S/c1-21(2)17(23-18(24)15(22)19(23)28(21)26)20(25)27-16(13-9-5-3-6-10-13)14-11-7-4-8-12-14/h3-12,15-17,19H,1-2H3/t15?,17?,19-,28?/m0/s1. The normalized spacial score (nSPS) is 28.0. The fraction of sp³-hybridized carbons (Fsp3) is 0.333. The average molecular weight is 462 g/mol. The molecule has 2 saturated heterocycles. The molecule has 7 heteroatoms. The molecule has 3 unspecified atom stereocenters. The Morgan fingerprint density at radius 2 is 1.61 bits per heavy atom. The first-order valence-electron chi connectivity index (χ1n) is 9.01. The molecule has 5 nitrogen and oxygen atoms in total. The van der Waals surface area contributed by atoms with Crippen molar-refractivity contribution in [1.29, 1.82) is 0 Å². The van der Waals surface area contributed by atoms with Crippen molar-refractivity contribution in [2.24, 2.45) is 0 Å². The third-order valence-electron chi connectivity index (χ3n) is 5.35. The molecule has 4 atom stereocenters. The fourth-order valence-corrected chi connectivity index (χ4v) is 6.75. The van der Waals surface area contributed by atoms with Gasteiger partial charge in [-0.25, -0.2) is 4.79 Å². The van der Waals surface area contributed by atoms with Crippen molar-refractivity contribution in [1.82, 2.24) is 4.90 Å². The van der Waals surface area contributed by atoms with Crippen molar-refractivity contribution in [3.63, 3.8) is 0 Å². The van der Waals surface area contributed by atoms with Gasteiger partial charge in [0.2, 0.25) is 11.3 Å². The molecule has 2 aliphatic rings. The maximum atomic E-state index is 13.2. The van der Waals surface area contributed by atoms with Gasteiger partial charge >= 0.3 is 5.97 Å². The summed E-state index contributed by atoms with van der Waals surface area (Å²) in [7, 11) is 0. The van der Waals surface area contributed by atoms with Crippen LogP contribution in [0.4, 0.5) is 0 Å². The van der Waals surface area contributed by atoms with E-state index < -0.39 is 44.2 Å². The SMILES string of the molecule is CC1(C)C(C(=O)OC(c2ccccc2)c2ccccc2)N2C(=O)C(Br)[C@@H]2[S+]1[O-]. The van der Waals surface area contributed by atoms with E-state index >= 15 is 0 Å². The van der Waals surface area contributed by atoms with E-state index in [4.69, 9.17) is 4.74 Å². The number of ether oxygens (including phenoxy) is 1. The number of carbonyl (C=O) groups is 2. The number of hydrogen-bond acceptors (Lipinski definition) is 4. The van der Waals surface area contributed by atoms with Crippen LogP contribution in [0.3, 0.4) is 0 Å². The molecule has 0 spiro atoms. The first-order valence-corrected chi connectivity index (χ1v) is 11.1. The summed E-state index contributed by atoms with van der Waals surface area (Å²) in [5.74, 6) is -0.756. The van der Waals surface area contributed by atoms with Crippen LogP contribution < -0.4 is 0 Å². The van der Waals surface area contributed by atoms with Crippen LogP contribution in [-0.4, -0.2) is 42.3 Å². The quantitative estimate of drug-likeness (QED) is 0.303. The van der Waals surface area contributed by atoms with E-state index in [-0.39, 0.29) is 5.91 Å². The summed E-state index contributed by atoms with van der Waals surface area (Å²) < 4.78 is 17.9. The number of amides is 1. The fourth-order valence-electron chi connectivity index (χ4n) is 3.85. The highest BCUT2D eigenvalue weighted by Gasteiger charge is 2.72. The van der Waals surface area contributed by atoms with Crippen LogP contribution in [-0.2, 0) is 25.5 Å². The van der Waals surface area contributed by atoms with Crippen LogP contribution in [0.15, 0.2) is 60.7 Å². The molecule has 0 N–H and O–H groups in total. The van der Waals surface area contributed by atoms with Crippen LogP contribution in [0, 0.1) is 0 Å².